The number of methoxy groups -OCH3 is 1. The Balaban J connectivity index is 1.98. The molecule has 5 rings (SSSR count). The highest BCUT2D eigenvalue weighted by Crippen LogP contribution is 2.38. The SMILES string of the molecule is CO[C@H]1C2CCCO[C@H]3[C@H](O)[C@@H](O)C(O[C@@H]3CO)[C@@H]([C@@H]1O)[C@@H](CO)O2. The Morgan fingerprint density at radius 3 is 2.24 bits per heavy atom. The van der Waals surface area contributed by atoms with Crippen molar-refractivity contribution in [3.8, 4) is 0 Å². The predicted molar refractivity (Wildman–Crippen MR) is 82.8 cm³/mol. The molecule has 0 amide bonds. The highest BCUT2D eigenvalue weighted by Gasteiger charge is 2.55. The van der Waals surface area contributed by atoms with E-state index >= 15 is 0 Å². The third-order valence-electron chi connectivity index (χ3n) is 5.55. The zero-order valence-electron chi connectivity index (χ0n) is 14.2. The molecule has 5 saturated heterocycles. The Morgan fingerprint density at radius 1 is 0.920 bits per heavy atom. The average molecular weight is 364 g/mol. The quantitative estimate of drug-likeness (QED) is 0.365. The molecule has 5 heterocycles. The minimum absolute atomic E-state index is 0.262. The molecule has 5 aliphatic heterocycles. The Labute approximate surface area is 146 Å². The van der Waals surface area contributed by atoms with E-state index < -0.39 is 67.5 Å². The van der Waals surface area contributed by atoms with Gasteiger partial charge in [0.15, 0.2) is 0 Å². The second kappa shape index (κ2) is 8.12. The van der Waals surface area contributed by atoms with Crippen LogP contribution in [0.2, 0.25) is 0 Å². The van der Waals surface area contributed by atoms with Crippen molar-refractivity contribution >= 4 is 0 Å². The topological polar surface area (TPSA) is 138 Å². The first-order valence-electron chi connectivity index (χ1n) is 8.74. The molecule has 2 unspecified atom stereocenters. The van der Waals surface area contributed by atoms with Crippen molar-refractivity contribution in [2.24, 2.45) is 5.92 Å². The molecule has 5 N–H and O–H groups in total. The fourth-order valence-corrected chi connectivity index (χ4v) is 4.29. The van der Waals surface area contributed by atoms with E-state index in [9.17, 15) is 25.5 Å². The number of aliphatic hydroxyl groups is 5. The Morgan fingerprint density at radius 2 is 1.60 bits per heavy atom. The molecule has 0 aromatic heterocycles. The summed E-state index contributed by atoms with van der Waals surface area (Å²) in [4.78, 5) is 0. The molecule has 146 valence electrons. The number of ether oxygens (including phenoxy) is 4. The fourth-order valence-electron chi connectivity index (χ4n) is 4.29. The third kappa shape index (κ3) is 3.45. The van der Waals surface area contributed by atoms with E-state index in [4.69, 9.17) is 18.9 Å². The van der Waals surface area contributed by atoms with Crippen LogP contribution >= 0.6 is 0 Å². The second-order valence-corrected chi connectivity index (χ2v) is 6.94. The molecule has 0 saturated carbocycles. The fraction of sp³-hybridized carbons (Fsp3) is 1.00. The second-order valence-electron chi connectivity index (χ2n) is 6.94. The summed E-state index contributed by atoms with van der Waals surface area (Å²) in [6.45, 7) is -0.519. The van der Waals surface area contributed by atoms with E-state index in [1.807, 2.05) is 0 Å². The van der Waals surface area contributed by atoms with Gasteiger partial charge in [-0.15, -0.1) is 0 Å². The first-order valence-corrected chi connectivity index (χ1v) is 8.74. The van der Waals surface area contributed by atoms with E-state index in [2.05, 4.69) is 0 Å². The largest absolute Gasteiger partial charge is 0.394 e. The molecule has 0 aliphatic carbocycles. The van der Waals surface area contributed by atoms with Crippen LogP contribution in [0, 0.1) is 5.92 Å². The maximum Gasteiger partial charge on any atom is 0.114 e. The lowest BCUT2D eigenvalue weighted by Crippen LogP contribution is -2.68. The van der Waals surface area contributed by atoms with E-state index in [-0.39, 0.29) is 13.2 Å². The zero-order valence-corrected chi connectivity index (χ0v) is 14.2. The summed E-state index contributed by atoms with van der Waals surface area (Å²) in [6, 6.07) is 0. The number of hydrogen-bond acceptors (Lipinski definition) is 9. The number of rotatable bonds is 3. The van der Waals surface area contributed by atoms with Gasteiger partial charge in [-0.3, -0.25) is 0 Å². The highest BCUT2D eigenvalue weighted by molar-refractivity contribution is 5.03. The molecule has 0 aromatic rings. The van der Waals surface area contributed by atoms with Crippen molar-refractivity contribution in [3.63, 3.8) is 0 Å². The molecule has 4 bridgehead atoms. The minimum Gasteiger partial charge on any atom is -0.394 e. The summed E-state index contributed by atoms with van der Waals surface area (Å²) in [6.07, 6.45) is -7.25. The normalized spacial score (nSPS) is 51.1. The van der Waals surface area contributed by atoms with Crippen molar-refractivity contribution < 1.29 is 44.5 Å². The Bertz CT molecular complexity index is 434. The summed E-state index contributed by atoms with van der Waals surface area (Å²) < 4.78 is 22.8. The molecular weight excluding hydrogens is 336 g/mol. The van der Waals surface area contributed by atoms with Crippen LogP contribution < -0.4 is 0 Å². The molecule has 9 heteroatoms. The average Bonchev–Trinajstić information content (AvgIpc) is 2.60. The summed E-state index contributed by atoms with van der Waals surface area (Å²) >= 11 is 0. The van der Waals surface area contributed by atoms with Gasteiger partial charge in [0.05, 0.1) is 37.6 Å². The van der Waals surface area contributed by atoms with Crippen LogP contribution in [0.25, 0.3) is 0 Å². The van der Waals surface area contributed by atoms with Gasteiger partial charge >= 0.3 is 0 Å². The molecule has 10 atom stereocenters. The maximum absolute atomic E-state index is 10.8. The molecule has 0 radical (unpaired) electrons. The van der Waals surface area contributed by atoms with Crippen LogP contribution in [0.15, 0.2) is 0 Å². The number of hydrogen-bond donors (Lipinski definition) is 5. The van der Waals surface area contributed by atoms with Crippen LogP contribution in [0.5, 0.6) is 0 Å². The molecule has 0 aromatic carbocycles. The number of aliphatic hydroxyl groups excluding tert-OH is 5. The van der Waals surface area contributed by atoms with Gasteiger partial charge in [-0.1, -0.05) is 0 Å². The van der Waals surface area contributed by atoms with Gasteiger partial charge in [0.1, 0.15) is 30.5 Å². The lowest BCUT2D eigenvalue weighted by Gasteiger charge is -2.52. The van der Waals surface area contributed by atoms with Crippen LogP contribution in [-0.4, -0.2) is 107 Å². The van der Waals surface area contributed by atoms with Crippen LogP contribution in [0.3, 0.4) is 0 Å². The van der Waals surface area contributed by atoms with Crippen LogP contribution in [0.4, 0.5) is 0 Å². The van der Waals surface area contributed by atoms with E-state index in [1.54, 1.807) is 0 Å². The maximum atomic E-state index is 10.8. The Hall–Kier alpha value is -0.360. The van der Waals surface area contributed by atoms with Crippen molar-refractivity contribution in [1.82, 2.24) is 0 Å². The van der Waals surface area contributed by atoms with Crippen molar-refractivity contribution in [2.75, 3.05) is 26.9 Å². The number of fused-ring (bicyclic) bond motifs is 2. The van der Waals surface area contributed by atoms with Crippen molar-refractivity contribution in [3.05, 3.63) is 0 Å². The summed E-state index contributed by atoms with van der Waals surface area (Å²) in [5, 5.41) is 51.2. The molecule has 25 heavy (non-hydrogen) atoms. The van der Waals surface area contributed by atoms with Gasteiger partial charge in [-0.05, 0) is 12.8 Å². The van der Waals surface area contributed by atoms with Gasteiger partial charge in [-0.25, -0.2) is 0 Å². The van der Waals surface area contributed by atoms with Gasteiger partial charge in [0.25, 0.3) is 0 Å². The zero-order chi connectivity index (χ0) is 18.1. The lowest BCUT2D eigenvalue weighted by atomic mass is 9.77. The molecule has 9 nitrogen and oxygen atoms in total. The van der Waals surface area contributed by atoms with Crippen molar-refractivity contribution in [2.45, 2.75) is 67.8 Å². The third-order valence-corrected chi connectivity index (χ3v) is 5.55. The van der Waals surface area contributed by atoms with Crippen LogP contribution in [0.1, 0.15) is 12.8 Å². The summed E-state index contributed by atoms with van der Waals surface area (Å²) in [5.74, 6) is -0.828. The van der Waals surface area contributed by atoms with Gasteiger partial charge < -0.3 is 44.5 Å². The summed E-state index contributed by atoms with van der Waals surface area (Å²) in [7, 11) is 1.46. The summed E-state index contributed by atoms with van der Waals surface area (Å²) in [5.41, 5.74) is 0. The molecular formula is C16H28O9. The Kier molecular flexibility index (Phi) is 6.30. The monoisotopic (exact) mass is 364 g/mol. The van der Waals surface area contributed by atoms with Gasteiger partial charge in [0.2, 0.25) is 0 Å². The highest BCUT2D eigenvalue weighted by atomic mass is 16.6. The standard InChI is InChI=1S/C16H28O9/c1-22-14-7-3-2-4-23-15-9(6-18)25-16(13(21)12(15)20)10(11(14)19)8(5-17)24-7/h7-21H,2-6H2,1H3/t7?,8-,9-,10-,11+,12-,13-,14+,15-,16?/m1/s1. The smallest absolute Gasteiger partial charge is 0.114 e. The molecule has 5 fully saturated rings. The van der Waals surface area contributed by atoms with Gasteiger partial charge in [0, 0.05) is 19.6 Å². The van der Waals surface area contributed by atoms with E-state index in [1.165, 1.54) is 7.11 Å². The van der Waals surface area contributed by atoms with Crippen LogP contribution in [-0.2, 0) is 18.9 Å². The first-order chi connectivity index (χ1) is 12.0. The molecule has 5 aliphatic rings. The predicted octanol–water partition coefficient (Wildman–Crippen LogP) is -2.60. The van der Waals surface area contributed by atoms with Gasteiger partial charge in [-0.2, -0.15) is 0 Å². The minimum atomic E-state index is -1.36. The van der Waals surface area contributed by atoms with E-state index in [0.717, 1.165) is 0 Å². The van der Waals surface area contributed by atoms with E-state index in [0.29, 0.717) is 12.8 Å². The lowest BCUT2D eigenvalue weighted by molar-refractivity contribution is -0.300. The van der Waals surface area contributed by atoms with Crippen molar-refractivity contribution in [1.29, 1.82) is 0 Å². The molecule has 0 spiro atoms. The first kappa shape index (κ1) is 19.4.